The molecule has 2 aromatic rings. The number of rotatable bonds is 10. The lowest BCUT2D eigenvalue weighted by Gasteiger charge is -2.32. The molecule has 0 aliphatic carbocycles. The van der Waals surface area contributed by atoms with E-state index in [9.17, 15) is 9.59 Å². The highest BCUT2D eigenvalue weighted by atomic mass is 16.6. The molecule has 0 bridgehead atoms. The Morgan fingerprint density at radius 3 is 2.46 bits per heavy atom. The fourth-order valence-corrected chi connectivity index (χ4v) is 4.17. The van der Waals surface area contributed by atoms with E-state index < -0.39 is 17.6 Å². The summed E-state index contributed by atoms with van der Waals surface area (Å²) in [6, 6.07) is 11.2. The molecule has 0 fully saturated rings. The van der Waals surface area contributed by atoms with Crippen LogP contribution in [-0.4, -0.2) is 54.8 Å². The number of fused-ring (bicyclic) bond motifs is 1. The normalized spacial score (nSPS) is 13.4. The predicted molar refractivity (Wildman–Crippen MR) is 136 cm³/mol. The molecule has 1 unspecified atom stereocenters. The lowest BCUT2D eigenvalue weighted by Crippen LogP contribution is -2.45. The number of anilines is 1. The van der Waals surface area contributed by atoms with Crippen LogP contribution in [0.1, 0.15) is 56.1 Å². The largest absolute Gasteiger partial charge is 0.490 e. The van der Waals surface area contributed by atoms with Gasteiger partial charge in [0.2, 0.25) is 0 Å². The number of hydrogen-bond acceptors (Lipinski definition) is 6. The maximum Gasteiger partial charge on any atom is 0.410 e. The van der Waals surface area contributed by atoms with Crippen LogP contribution in [0.2, 0.25) is 0 Å². The van der Waals surface area contributed by atoms with Crippen molar-refractivity contribution in [1.29, 1.82) is 0 Å². The lowest BCUT2D eigenvalue weighted by molar-refractivity contribution is 0.0148. The molecule has 1 aliphatic rings. The van der Waals surface area contributed by atoms with Crippen molar-refractivity contribution in [3.05, 3.63) is 53.1 Å². The number of amides is 2. The zero-order valence-corrected chi connectivity index (χ0v) is 21.3. The molecule has 1 aliphatic heterocycles. The molecule has 8 heteroatoms. The van der Waals surface area contributed by atoms with Gasteiger partial charge in [-0.25, -0.2) is 4.79 Å². The molecule has 35 heavy (non-hydrogen) atoms. The number of nitrogens with zero attached hydrogens (tertiary/aromatic N) is 1. The van der Waals surface area contributed by atoms with E-state index in [1.54, 1.807) is 4.90 Å². The Bertz CT molecular complexity index is 1050. The third kappa shape index (κ3) is 7.04. The quantitative estimate of drug-likeness (QED) is 0.519. The molecule has 3 rings (SSSR count). The van der Waals surface area contributed by atoms with Gasteiger partial charge in [-0.2, -0.15) is 0 Å². The standard InChI is InChI=1S/C27H37N3O5/c1-6-33-22-9-7-8-10-23(22)34-14-13-30(26(32)35-27(3,4)5)18(2)15-19-16-20-11-12-29-24(20)21(17-19)25(28)31/h7-10,16-18,29H,6,11-15H2,1-5H3,(H2,28,31). The highest BCUT2D eigenvalue weighted by molar-refractivity contribution is 6.00. The van der Waals surface area contributed by atoms with Crippen molar-refractivity contribution in [2.24, 2.45) is 5.73 Å². The molecule has 2 aromatic carbocycles. The maximum atomic E-state index is 13.1. The van der Waals surface area contributed by atoms with Crippen LogP contribution < -0.4 is 20.5 Å². The van der Waals surface area contributed by atoms with Crippen LogP contribution in [0.5, 0.6) is 11.5 Å². The molecular formula is C27H37N3O5. The molecule has 1 heterocycles. The summed E-state index contributed by atoms with van der Waals surface area (Å²) in [5.41, 5.74) is 8.33. The van der Waals surface area contributed by atoms with Gasteiger partial charge >= 0.3 is 6.09 Å². The van der Waals surface area contributed by atoms with Gasteiger partial charge in [0, 0.05) is 12.6 Å². The summed E-state index contributed by atoms with van der Waals surface area (Å²) in [5, 5.41) is 3.24. The summed E-state index contributed by atoms with van der Waals surface area (Å²) in [7, 11) is 0. The summed E-state index contributed by atoms with van der Waals surface area (Å²) < 4.78 is 17.3. The Balaban J connectivity index is 1.76. The summed E-state index contributed by atoms with van der Waals surface area (Å²) >= 11 is 0. The fourth-order valence-electron chi connectivity index (χ4n) is 4.17. The first kappa shape index (κ1) is 26.2. The van der Waals surface area contributed by atoms with Crippen molar-refractivity contribution in [1.82, 2.24) is 4.90 Å². The molecule has 0 spiro atoms. The van der Waals surface area contributed by atoms with Gasteiger partial charge in [-0.15, -0.1) is 0 Å². The van der Waals surface area contributed by atoms with Crippen LogP contribution in [0.3, 0.4) is 0 Å². The van der Waals surface area contributed by atoms with E-state index in [2.05, 4.69) is 11.4 Å². The Morgan fingerprint density at radius 1 is 1.14 bits per heavy atom. The molecule has 8 nitrogen and oxygen atoms in total. The van der Waals surface area contributed by atoms with E-state index >= 15 is 0 Å². The van der Waals surface area contributed by atoms with Crippen molar-refractivity contribution in [2.75, 3.05) is 31.6 Å². The number of carbonyl (C=O) groups excluding carboxylic acids is 2. The fraction of sp³-hybridized carbons (Fsp3) is 0.481. The van der Waals surface area contributed by atoms with Crippen molar-refractivity contribution in [2.45, 2.75) is 59.1 Å². The molecular weight excluding hydrogens is 446 g/mol. The summed E-state index contributed by atoms with van der Waals surface area (Å²) in [4.78, 5) is 26.8. The second-order valence-electron chi connectivity index (χ2n) is 9.67. The number of benzene rings is 2. The number of nitrogens with one attached hydrogen (secondary N) is 1. The van der Waals surface area contributed by atoms with E-state index in [-0.39, 0.29) is 12.6 Å². The van der Waals surface area contributed by atoms with E-state index in [1.165, 1.54) is 0 Å². The van der Waals surface area contributed by atoms with Crippen LogP contribution in [0.15, 0.2) is 36.4 Å². The van der Waals surface area contributed by atoms with Gasteiger partial charge in [0.1, 0.15) is 12.2 Å². The minimum atomic E-state index is -0.629. The molecule has 190 valence electrons. The van der Waals surface area contributed by atoms with Crippen LogP contribution in [0.25, 0.3) is 0 Å². The van der Waals surface area contributed by atoms with Gasteiger partial charge in [0.25, 0.3) is 5.91 Å². The second kappa shape index (κ2) is 11.3. The van der Waals surface area contributed by atoms with E-state index in [0.717, 1.165) is 29.8 Å². The van der Waals surface area contributed by atoms with Crippen molar-refractivity contribution < 1.29 is 23.8 Å². The van der Waals surface area contributed by atoms with Crippen molar-refractivity contribution in [3.63, 3.8) is 0 Å². The van der Waals surface area contributed by atoms with Gasteiger partial charge < -0.3 is 30.2 Å². The zero-order valence-electron chi connectivity index (χ0n) is 21.3. The van der Waals surface area contributed by atoms with Gasteiger partial charge in [-0.3, -0.25) is 4.79 Å². The van der Waals surface area contributed by atoms with E-state index in [0.29, 0.717) is 36.6 Å². The first-order chi connectivity index (χ1) is 16.6. The number of para-hydroxylation sites is 2. The van der Waals surface area contributed by atoms with Crippen LogP contribution in [0, 0.1) is 0 Å². The Morgan fingerprint density at radius 2 is 1.83 bits per heavy atom. The Labute approximate surface area is 207 Å². The molecule has 0 saturated carbocycles. The SMILES string of the molecule is CCOc1ccccc1OCCN(C(=O)OC(C)(C)C)C(C)Cc1cc2c(c(C(N)=O)c1)NCC2. The van der Waals surface area contributed by atoms with Gasteiger partial charge in [-0.05, 0) is 76.8 Å². The first-order valence-corrected chi connectivity index (χ1v) is 12.1. The predicted octanol–water partition coefficient (Wildman–Crippen LogP) is 4.40. The highest BCUT2D eigenvalue weighted by Gasteiger charge is 2.27. The monoisotopic (exact) mass is 483 g/mol. The van der Waals surface area contributed by atoms with Gasteiger partial charge in [0.05, 0.1) is 24.4 Å². The molecule has 0 radical (unpaired) electrons. The number of hydrogen-bond donors (Lipinski definition) is 2. The van der Waals surface area contributed by atoms with E-state index in [1.807, 2.05) is 65.0 Å². The summed E-state index contributed by atoms with van der Waals surface area (Å²) in [6.07, 6.45) is 0.966. The summed E-state index contributed by atoms with van der Waals surface area (Å²) in [6.45, 7) is 11.3. The molecule has 0 saturated heterocycles. The topological polar surface area (TPSA) is 103 Å². The average molecular weight is 484 g/mol. The van der Waals surface area contributed by atoms with E-state index in [4.69, 9.17) is 19.9 Å². The third-order valence-electron chi connectivity index (χ3n) is 5.67. The number of ether oxygens (including phenoxy) is 3. The Hall–Kier alpha value is -3.42. The lowest BCUT2D eigenvalue weighted by atomic mass is 9.98. The summed E-state index contributed by atoms with van der Waals surface area (Å²) in [5.74, 6) is 0.830. The molecule has 1 atom stereocenters. The van der Waals surface area contributed by atoms with Gasteiger partial charge in [-0.1, -0.05) is 18.2 Å². The van der Waals surface area contributed by atoms with Gasteiger partial charge in [0.15, 0.2) is 11.5 Å². The van der Waals surface area contributed by atoms with Crippen LogP contribution >= 0.6 is 0 Å². The molecule has 2 amide bonds. The maximum absolute atomic E-state index is 13.1. The minimum absolute atomic E-state index is 0.205. The first-order valence-electron chi connectivity index (χ1n) is 12.1. The van der Waals surface area contributed by atoms with Crippen molar-refractivity contribution >= 4 is 17.7 Å². The smallest absolute Gasteiger partial charge is 0.410 e. The van der Waals surface area contributed by atoms with Crippen molar-refractivity contribution in [3.8, 4) is 11.5 Å². The number of nitrogens with two attached hydrogens (primary N) is 1. The zero-order chi connectivity index (χ0) is 25.6. The second-order valence-corrected chi connectivity index (χ2v) is 9.67. The third-order valence-corrected chi connectivity index (χ3v) is 5.67. The minimum Gasteiger partial charge on any atom is -0.490 e. The number of carbonyl (C=O) groups is 2. The van der Waals surface area contributed by atoms with Crippen LogP contribution in [-0.2, 0) is 17.6 Å². The molecule has 0 aromatic heterocycles. The average Bonchev–Trinajstić information content (AvgIpc) is 3.24. The molecule has 3 N–H and O–H groups in total. The van der Waals surface area contributed by atoms with Crippen LogP contribution in [0.4, 0.5) is 10.5 Å². The highest BCUT2D eigenvalue weighted by Crippen LogP contribution is 2.29. The Kier molecular flexibility index (Phi) is 8.48. The number of primary amides is 1.